The second kappa shape index (κ2) is 10.4. The molecule has 3 rings (SSSR count). The fourth-order valence-corrected chi connectivity index (χ4v) is 4.30. The number of carbonyl (C=O) groups is 1. The molecule has 0 aliphatic rings. The van der Waals surface area contributed by atoms with Crippen LogP contribution in [0.3, 0.4) is 0 Å². The van der Waals surface area contributed by atoms with Crippen molar-refractivity contribution in [2.45, 2.75) is 27.2 Å². The molecule has 5 nitrogen and oxygen atoms in total. The lowest BCUT2D eigenvalue weighted by atomic mass is 10.1. The van der Waals surface area contributed by atoms with Gasteiger partial charge in [0.1, 0.15) is 11.3 Å². The van der Waals surface area contributed by atoms with Crippen LogP contribution < -0.4 is 9.64 Å². The van der Waals surface area contributed by atoms with Gasteiger partial charge in [-0.15, -0.1) is 0 Å². The average molecular weight is 412 g/mol. The molecule has 0 atom stereocenters. The van der Waals surface area contributed by atoms with Crippen LogP contribution in [-0.4, -0.2) is 48.6 Å². The van der Waals surface area contributed by atoms with Crippen molar-refractivity contribution in [3.8, 4) is 5.75 Å². The molecule has 29 heavy (non-hydrogen) atoms. The summed E-state index contributed by atoms with van der Waals surface area (Å²) < 4.78 is 6.77. The minimum absolute atomic E-state index is 0.0698. The van der Waals surface area contributed by atoms with E-state index in [1.165, 1.54) is 0 Å². The molecular formula is C23H29N3O2S. The molecule has 0 saturated heterocycles. The highest BCUT2D eigenvalue weighted by molar-refractivity contribution is 7.22. The van der Waals surface area contributed by atoms with Crippen LogP contribution in [0.2, 0.25) is 0 Å². The summed E-state index contributed by atoms with van der Waals surface area (Å²) in [5, 5.41) is 0.736. The van der Waals surface area contributed by atoms with Gasteiger partial charge in [-0.3, -0.25) is 9.69 Å². The van der Waals surface area contributed by atoms with Crippen LogP contribution in [0.15, 0.2) is 48.5 Å². The monoisotopic (exact) mass is 411 g/mol. The Bertz CT molecular complexity index is 922. The third kappa shape index (κ3) is 5.34. The average Bonchev–Trinajstić information content (AvgIpc) is 3.17. The first-order valence-corrected chi connectivity index (χ1v) is 11.1. The van der Waals surface area contributed by atoms with E-state index >= 15 is 0 Å². The number of hydrogen-bond acceptors (Lipinski definition) is 5. The molecule has 0 radical (unpaired) electrons. The fraction of sp³-hybridized carbons (Fsp3) is 0.391. The standard InChI is InChI=1S/C23H29N3O2S/c1-4-25(5-2)15-16-26(21(27)17-18-11-8-7-9-12-18)23-24-22-19(28-6-3)13-10-14-20(22)29-23/h7-14H,4-6,15-17H2,1-3H3. The lowest BCUT2D eigenvalue weighted by Crippen LogP contribution is -2.39. The lowest BCUT2D eigenvalue weighted by Gasteiger charge is -2.24. The van der Waals surface area contributed by atoms with Crippen molar-refractivity contribution in [2.75, 3.05) is 37.7 Å². The van der Waals surface area contributed by atoms with E-state index in [1.807, 2.05) is 60.4 Å². The highest BCUT2D eigenvalue weighted by Gasteiger charge is 2.21. The maximum absolute atomic E-state index is 13.2. The Morgan fingerprint density at radius 1 is 1.00 bits per heavy atom. The van der Waals surface area contributed by atoms with E-state index in [9.17, 15) is 4.79 Å². The van der Waals surface area contributed by atoms with Gasteiger partial charge in [0.15, 0.2) is 5.13 Å². The number of likely N-dealkylation sites (N-methyl/N-ethyl adjacent to an activating group) is 1. The van der Waals surface area contributed by atoms with Gasteiger partial charge >= 0.3 is 0 Å². The van der Waals surface area contributed by atoms with Gasteiger partial charge in [-0.2, -0.15) is 0 Å². The summed E-state index contributed by atoms with van der Waals surface area (Å²) >= 11 is 1.55. The molecule has 2 aromatic carbocycles. The summed E-state index contributed by atoms with van der Waals surface area (Å²) in [4.78, 5) is 22.2. The van der Waals surface area contributed by atoms with Gasteiger partial charge in [-0.25, -0.2) is 4.98 Å². The van der Waals surface area contributed by atoms with E-state index in [-0.39, 0.29) is 5.91 Å². The molecule has 0 spiro atoms. The quantitative estimate of drug-likeness (QED) is 0.489. The molecule has 0 N–H and O–H groups in total. The third-order valence-corrected chi connectivity index (χ3v) is 5.98. The van der Waals surface area contributed by atoms with Crippen LogP contribution in [0.1, 0.15) is 26.3 Å². The van der Waals surface area contributed by atoms with Crippen LogP contribution in [0.25, 0.3) is 10.2 Å². The molecule has 154 valence electrons. The Morgan fingerprint density at radius 3 is 2.45 bits per heavy atom. The van der Waals surface area contributed by atoms with E-state index in [4.69, 9.17) is 9.72 Å². The number of rotatable bonds is 10. The van der Waals surface area contributed by atoms with Crippen molar-refractivity contribution < 1.29 is 9.53 Å². The summed E-state index contributed by atoms with van der Waals surface area (Å²) in [6.07, 6.45) is 0.368. The van der Waals surface area contributed by atoms with Gasteiger partial charge in [-0.1, -0.05) is 61.6 Å². The number of thiazole rings is 1. The molecular weight excluding hydrogens is 382 g/mol. The molecule has 0 aliphatic carbocycles. The smallest absolute Gasteiger partial charge is 0.233 e. The largest absolute Gasteiger partial charge is 0.492 e. The molecule has 1 heterocycles. The summed E-state index contributed by atoms with van der Waals surface area (Å²) in [5.41, 5.74) is 1.84. The zero-order valence-electron chi connectivity index (χ0n) is 17.4. The number of amides is 1. The molecule has 3 aromatic rings. The molecule has 6 heteroatoms. The molecule has 0 saturated carbocycles. The minimum Gasteiger partial charge on any atom is -0.492 e. The SMILES string of the molecule is CCOc1cccc2sc(N(CCN(CC)CC)C(=O)Cc3ccccc3)nc12. The number of para-hydroxylation sites is 1. The van der Waals surface area contributed by atoms with Crippen LogP contribution in [0.5, 0.6) is 5.75 Å². The number of anilines is 1. The van der Waals surface area contributed by atoms with Gasteiger partial charge in [-0.05, 0) is 37.7 Å². The highest BCUT2D eigenvalue weighted by atomic mass is 32.1. The number of nitrogens with zero attached hydrogens (tertiary/aromatic N) is 3. The summed E-state index contributed by atoms with van der Waals surface area (Å²) in [7, 11) is 0. The van der Waals surface area contributed by atoms with E-state index in [0.717, 1.165) is 46.3 Å². The van der Waals surface area contributed by atoms with Crippen molar-refractivity contribution in [1.82, 2.24) is 9.88 Å². The first-order valence-electron chi connectivity index (χ1n) is 10.2. The number of aromatic nitrogens is 1. The zero-order valence-corrected chi connectivity index (χ0v) is 18.2. The van der Waals surface area contributed by atoms with Crippen molar-refractivity contribution in [2.24, 2.45) is 0 Å². The Hall–Kier alpha value is -2.44. The second-order valence-corrected chi connectivity index (χ2v) is 7.78. The molecule has 1 amide bonds. The van der Waals surface area contributed by atoms with Gasteiger partial charge in [0.2, 0.25) is 5.91 Å². The highest BCUT2D eigenvalue weighted by Crippen LogP contribution is 2.34. The third-order valence-electron chi connectivity index (χ3n) is 4.93. The van der Waals surface area contributed by atoms with Crippen molar-refractivity contribution in [3.63, 3.8) is 0 Å². The van der Waals surface area contributed by atoms with Gasteiger partial charge in [0.05, 0.1) is 17.7 Å². The van der Waals surface area contributed by atoms with Crippen LogP contribution in [0.4, 0.5) is 5.13 Å². The lowest BCUT2D eigenvalue weighted by molar-refractivity contribution is -0.118. The number of carbonyl (C=O) groups excluding carboxylic acids is 1. The number of benzene rings is 2. The van der Waals surface area contributed by atoms with Crippen molar-refractivity contribution in [3.05, 3.63) is 54.1 Å². The van der Waals surface area contributed by atoms with E-state index in [0.29, 0.717) is 19.6 Å². The summed E-state index contributed by atoms with van der Waals surface area (Å²) in [6.45, 7) is 10.2. The normalized spacial score (nSPS) is 11.2. The maximum atomic E-state index is 13.2. The summed E-state index contributed by atoms with van der Waals surface area (Å²) in [6, 6.07) is 15.8. The number of ether oxygens (including phenoxy) is 1. The predicted molar refractivity (Wildman–Crippen MR) is 121 cm³/mol. The van der Waals surface area contributed by atoms with Gasteiger partial charge in [0, 0.05) is 13.1 Å². The Labute approximate surface area is 176 Å². The molecule has 0 aliphatic heterocycles. The summed E-state index contributed by atoms with van der Waals surface area (Å²) in [5.74, 6) is 0.840. The van der Waals surface area contributed by atoms with Crippen molar-refractivity contribution in [1.29, 1.82) is 0 Å². The number of fused-ring (bicyclic) bond motifs is 1. The Morgan fingerprint density at radius 2 is 1.76 bits per heavy atom. The maximum Gasteiger partial charge on any atom is 0.233 e. The number of hydrogen-bond donors (Lipinski definition) is 0. The van der Waals surface area contributed by atoms with E-state index in [1.54, 1.807) is 11.3 Å². The van der Waals surface area contributed by atoms with Crippen LogP contribution >= 0.6 is 11.3 Å². The first-order chi connectivity index (χ1) is 14.2. The predicted octanol–water partition coefficient (Wildman–Crippen LogP) is 4.61. The van der Waals surface area contributed by atoms with Crippen LogP contribution in [0, 0.1) is 0 Å². The minimum atomic E-state index is 0.0698. The fourth-order valence-electron chi connectivity index (χ4n) is 3.27. The van der Waals surface area contributed by atoms with Crippen molar-refractivity contribution >= 4 is 32.6 Å². The van der Waals surface area contributed by atoms with Gasteiger partial charge in [0.25, 0.3) is 0 Å². The molecule has 0 bridgehead atoms. The second-order valence-electron chi connectivity index (χ2n) is 6.77. The Balaban J connectivity index is 1.90. The Kier molecular flexibility index (Phi) is 7.61. The van der Waals surface area contributed by atoms with E-state index < -0.39 is 0 Å². The zero-order chi connectivity index (χ0) is 20.6. The molecule has 1 aromatic heterocycles. The van der Waals surface area contributed by atoms with E-state index in [2.05, 4.69) is 18.7 Å². The molecule has 0 unspecified atom stereocenters. The van der Waals surface area contributed by atoms with Gasteiger partial charge < -0.3 is 9.64 Å². The first kappa shape index (κ1) is 21.3. The molecule has 0 fully saturated rings. The van der Waals surface area contributed by atoms with Crippen LogP contribution in [-0.2, 0) is 11.2 Å². The topological polar surface area (TPSA) is 45.7 Å².